The van der Waals surface area contributed by atoms with Crippen LogP contribution in [0.4, 0.5) is 0 Å². The molecule has 0 atom stereocenters. The topological polar surface area (TPSA) is 55.8 Å². The third kappa shape index (κ3) is 3.43. The molecule has 0 unspecified atom stereocenters. The van der Waals surface area contributed by atoms with E-state index < -0.39 is 11.9 Å². The molecule has 18 heavy (non-hydrogen) atoms. The summed E-state index contributed by atoms with van der Waals surface area (Å²) in [4.78, 5) is 25.3. The molecule has 1 aliphatic rings. The maximum absolute atomic E-state index is 11.7. The molecule has 0 N–H and O–H groups in total. The zero-order valence-corrected chi connectivity index (χ0v) is 11.3. The number of hydrogen-bond donors (Lipinski definition) is 0. The minimum Gasteiger partial charge on any atom is -0.466 e. The number of likely N-dealkylation sites (N-methyl/N-ethyl adjacent to an activating group) is 1. The minimum atomic E-state index is -0.462. The Kier molecular flexibility index (Phi) is 5.09. The summed E-state index contributed by atoms with van der Waals surface area (Å²) >= 11 is 0. The van der Waals surface area contributed by atoms with Crippen LogP contribution in [0.3, 0.4) is 0 Å². The molecule has 0 aromatic carbocycles. The van der Waals surface area contributed by atoms with E-state index in [1.54, 1.807) is 0 Å². The molecule has 0 amide bonds. The molecule has 5 nitrogen and oxygen atoms in total. The number of nitrogens with zero attached hydrogens (tertiary/aromatic N) is 1. The molecule has 0 radical (unpaired) electrons. The average Bonchev–Trinajstić information content (AvgIpc) is 2.36. The van der Waals surface area contributed by atoms with Crippen LogP contribution in [-0.2, 0) is 19.1 Å². The van der Waals surface area contributed by atoms with Gasteiger partial charge in [-0.2, -0.15) is 0 Å². The molecule has 0 aromatic heterocycles. The zero-order valence-electron chi connectivity index (χ0n) is 11.3. The molecule has 1 rings (SSSR count). The van der Waals surface area contributed by atoms with Crippen molar-refractivity contribution in [3.63, 3.8) is 0 Å². The maximum atomic E-state index is 11.7. The van der Waals surface area contributed by atoms with E-state index in [4.69, 9.17) is 4.74 Å². The molecule has 1 aliphatic carbocycles. The predicted octanol–water partition coefficient (Wildman–Crippen LogP) is 0.911. The van der Waals surface area contributed by atoms with E-state index in [1.165, 1.54) is 14.2 Å². The largest absolute Gasteiger partial charge is 0.466 e. The van der Waals surface area contributed by atoms with Crippen LogP contribution in [0.5, 0.6) is 0 Å². The summed E-state index contributed by atoms with van der Waals surface area (Å²) in [7, 11) is 6.54. The molecule has 0 spiro atoms. The van der Waals surface area contributed by atoms with Crippen LogP contribution < -0.4 is 0 Å². The SMILES string of the molecule is COC(=O)C1=C(C(=O)OC)CC(CN(C)C)=CC1. The summed E-state index contributed by atoms with van der Waals surface area (Å²) in [6.07, 6.45) is 2.83. The van der Waals surface area contributed by atoms with E-state index in [-0.39, 0.29) is 0 Å². The molecule has 100 valence electrons. The number of rotatable bonds is 4. The summed E-state index contributed by atoms with van der Waals surface area (Å²) in [6, 6.07) is 0. The van der Waals surface area contributed by atoms with Crippen molar-refractivity contribution in [3.8, 4) is 0 Å². The molecule has 0 fully saturated rings. The minimum absolute atomic E-state index is 0.395. The smallest absolute Gasteiger partial charge is 0.334 e. The van der Waals surface area contributed by atoms with Crippen molar-refractivity contribution in [1.29, 1.82) is 0 Å². The summed E-state index contributed by atoms with van der Waals surface area (Å²) in [5.41, 5.74) is 1.91. The summed E-state index contributed by atoms with van der Waals surface area (Å²) in [5, 5.41) is 0. The Bertz CT molecular complexity index is 407. The summed E-state index contributed by atoms with van der Waals surface area (Å²) in [5.74, 6) is -0.921. The Balaban J connectivity index is 2.95. The molecule has 0 aromatic rings. The van der Waals surface area contributed by atoms with E-state index in [9.17, 15) is 9.59 Å². The van der Waals surface area contributed by atoms with Crippen molar-refractivity contribution in [2.45, 2.75) is 12.8 Å². The van der Waals surface area contributed by atoms with Crippen LogP contribution in [-0.4, -0.2) is 51.7 Å². The van der Waals surface area contributed by atoms with Gasteiger partial charge in [0.05, 0.1) is 25.4 Å². The number of hydrogen-bond acceptors (Lipinski definition) is 5. The third-order valence-electron chi connectivity index (χ3n) is 2.75. The van der Waals surface area contributed by atoms with Crippen LogP contribution in [0.15, 0.2) is 22.8 Å². The molecular formula is C13H19NO4. The number of carbonyl (C=O) groups excluding carboxylic acids is 2. The van der Waals surface area contributed by atoms with E-state index in [1.807, 2.05) is 25.1 Å². The molecule has 0 saturated heterocycles. The van der Waals surface area contributed by atoms with E-state index in [2.05, 4.69) is 4.74 Å². The fourth-order valence-corrected chi connectivity index (χ4v) is 1.95. The van der Waals surface area contributed by atoms with E-state index in [0.29, 0.717) is 24.0 Å². The van der Waals surface area contributed by atoms with Crippen LogP contribution in [0.2, 0.25) is 0 Å². The maximum Gasteiger partial charge on any atom is 0.334 e. The van der Waals surface area contributed by atoms with Crippen LogP contribution in [0, 0.1) is 0 Å². The van der Waals surface area contributed by atoms with Gasteiger partial charge in [0.1, 0.15) is 0 Å². The van der Waals surface area contributed by atoms with E-state index in [0.717, 1.165) is 12.1 Å². The Hall–Kier alpha value is -1.62. The predicted molar refractivity (Wildman–Crippen MR) is 66.9 cm³/mol. The van der Waals surface area contributed by atoms with Crippen molar-refractivity contribution >= 4 is 11.9 Å². The van der Waals surface area contributed by atoms with Crippen molar-refractivity contribution in [1.82, 2.24) is 4.90 Å². The van der Waals surface area contributed by atoms with Gasteiger partial charge in [-0.05, 0) is 20.5 Å². The van der Waals surface area contributed by atoms with Gasteiger partial charge in [-0.15, -0.1) is 0 Å². The van der Waals surface area contributed by atoms with Crippen LogP contribution >= 0.6 is 0 Å². The van der Waals surface area contributed by atoms with Crippen molar-refractivity contribution in [3.05, 3.63) is 22.8 Å². The van der Waals surface area contributed by atoms with Crippen molar-refractivity contribution in [2.24, 2.45) is 0 Å². The normalized spacial score (nSPS) is 15.5. The summed E-state index contributed by atoms with van der Waals surface area (Å²) in [6.45, 7) is 0.759. The molecule has 0 bridgehead atoms. The second-order valence-electron chi connectivity index (χ2n) is 4.42. The van der Waals surface area contributed by atoms with Crippen molar-refractivity contribution < 1.29 is 19.1 Å². The molecule has 0 saturated carbocycles. The first-order valence-electron chi connectivity index (χ1n) is 5.70. The number of ether oxygens (including phenoxy) is 2. The Morgan fingerprint density at radius 3 is 2.22 bits per heavy atom. The number of carbonyl (C=O) groups is 2. The highest BCUT2D eigenvalue weighted by Crippen LogP contribution is 2.26. The van der Waals surface area contributed by atoms with Gasteiger partial charge in [-0.3, -0.25) is 0 Å². The lowest BCUT2D eigenvalue weighted by Gasteiger charge is -2.20. The molecule has 5 heteroatoms. The van der Waals surface area contributed by atoms with Gasteiger partial charge in [-0.25, -0.2) is 9.59 Å². The van der Waals surface area contributed by atoms with Gasteiger partial charge >= 0.3 is 11.9 Å². The lowest BCUT2D eigenvalue weighted by atomic mass is 9.91. The molecule has 0 heterocycles. The first-order valence-corrected chi connectivity index (χ1v) is 5.70. The van der Waals surface area contributed by atoms with Crippen LogP contribution in [0.25, 0.3) is 0 Å². The Labute approximate surface area is 107 Å². The third-order valence-corrected chi connectivity index (χ3v) is 2.75. The van der Waals surface area contributed by atoms with Crippen LogP contribution in [0.1, 0.15) is 12.8 Å². The average molecular weight is 253 g/mol. The van der Waals surface area contributed by atoms with Gasteiger partial charge < -0.3 is 14.4 Å². The van der Waals surface area contributed by atoms with Gasteiger partial charge in [0.25, 0.3) is 0 Å². The lowest BCUT2D eigenvalue weighted by Crippen LogP contribution is -2.22. The number of allylic oxidation sites excluding steroid dienone is 1. The fourth-order valence-electron chi connectivity index (χ4n) is 1.95. The standard InChI is InChI=1S/C13H19NO4/c1-14(2)8-9-5-6-10(12(15)17-3)11(7-9)13(16)18-4/h5H,6-8H2,1-4H3. The molecular weight excluding hydrogens is 234 g/mol. The highest BCUT2D eigenvalue weighted by molar-refractivity contribution is 6.01. The highest BCUT2D eigenvalue weighted by Gasteiger charge is 2.25. The van der Waals surface area contributed by atoms with Gasteiger partial charge in [0.2, 0.25) is 0 Å². The second-order valence-corrected chi connectivity index (χ2v) is 4.42. The summed E-state index contributed by atoms with van der Waals surface area (Å²) < 4.78 is 9.41. The van der Waals surface area contributed by atoms with Crippen molar-refractivity contribution in [2.75, 3.05) is 34.9 Å². The monoisotopic (exact) mass is 253 g/mol. The highest BCUT2D eigenvalue weighted by atomic mass is 16.5. The Morgan fingerprint density at radius 2 is 1.72 bits per heavy atom. The quantitative estimate of drug-likeness (QED) is 0.550. The van der Waals surface area contributed by atoms with Gasteiger partial charge in [0.15, 0.2) is 0 Å². The first kappa shape index (κ1) is 14.4. The second kappa shape index (κ2) is 6.35. The zero-order chi connectivity index (χ0) is 13.7. The van der Waals surface area contributed by atoms with Gasteiger partial charge in [-0.1, -0.05) is 11.6 Å². The Morgan fingerprint density at radius 1 is 1.17 bits per heavy atom. The number of esters is 2. The fraction of sp³-hybridized carbons (Fsp3) is 0.538. The number of methoxy groups -OCH3 is 2. The van der Waals surface area contributed by atoms with E-state index >= 15 is 0 Å². The first-order chi connectivity index (χ1) is 8.49. The lowest BCUT2D eigenvalue weighted by molar-refractivity contribution is -0.139. The van der Waals surface area contributed by atoms with Gasteiger partial charge in [0, 0.05) is 13.0 Å². The molecule has 0 aliphatic heterocycles.